The molecule has 0 bridgehead atoms. The van der Waals surface area contributed by atoms with Crippen LogP contribution in [0.2, 0.25) is 0 Å². The van der Waals surface area contributed by atoms with Crippen LogP contribution in [-0.4, -0.2) is 47.9 Å². The highest BCUT2D eigenvalue weighted by Gasteiger charge is 2.28. The van der Waals surface area contributed by atoms with Gasteiger partial charge < -0.3 is 5.73 Å². The maximum Gasteiger partial charge on any atom is 0.122 e. The molecule has 2 aliphatic heterocycles. The number of hydrogen-bond acceptors (Lipinski definition) is 3. The van der Waals surface area contributed by atoms with Gasteiger partial charge in [-0.25, -0.2) is 0 Å². The number of rotatable bonds is 3. The number of piperidine rings is 1. The fourth-order valence-corrected chi connectivity index (χ4v) is 3.46. The molecule has 1 unspecified atom stereocenters. The second kappa shape index (κ2) is 5.94. The second-order valence-corrected chi connectivity index (χ2v) is 6.03. The molecule has 0 spiro atoms. The molecule has 3 rings (SSSR count). The zero-order valence-corrected chi connectivity index (χ0v) is 12.0. The van der Waals surface area contributed by atoms with E-state index in [-0.39, 0.29) is 5.84 Å². The van der Waals surface area contributed by atoms with Crippen LogP contribution in [0.1, 0.15) is 30.4 Å². The zero-order valence-electron chi connectivity index (χ0n) is 12.0. The van der Waals surface area contributed by atoms with Gasteiger partial charge in [0, 0.05) is 37.8 Å². The van der Waals surface area contributed by atoms with E-state index in [0.717, 1.165) is 24.7 Å². The Balaban J connectivity index is 1.63. The lowest BCUT2D eigenvalue weighted by Gasteiger charge is -2.44. The highest BCUT2D eigenvalue weighted by atomic mass is 15.3. The van der Waals surface area contributed by atoms with Gasteiger partial charge in [-0.3, -0.25) is 15.2 Å². The lowest BCUT2D eigenvalue weighted by molar-refractivity contribution is 0.0457. The van der Waals surface area contributed by atoms with Gasteiger partial charge in [0.15, 0.2) is 0 Å². The van der Waals surface area contributed by atoms with Crippen molar-refractivity contribution >= 4 is 5.84 Å². The Morgan fingerprint density at radius 2 is 2.15 bits per heavy atom. The summed E-state index contributed by atoms with van der Waals surface area (Å²) in [6.45, 7) is 5.81. The molecular formula is C16H24N4. The van der Waals surface area contributed by atoms with E-state index < -0.39 is 0 Å². The molecule has 0 aliphatic carbocycles. The van der Waals surface area contributed by atoms with Gasteiger partial charge in [0.2, 0.25) is 0 Å². The summed E-state index contributed by atoms with van der Waals surface area (Å²) >= 11 is 0. The monoisotopic (exact) mass is 272 g/mol. The second-order valence-electron chi connectivity index (χ2n) is 6.03. The molecule has 20 heavy (non-hydrogen) atoms. The molecule has 0 amide bonds. The lowest BCUT2D eigenvalue weighted by Crippen LogP contribution is -2.54. The summed E-state index contributed by atoms with van der Waals surface area (Å²) in [6.07, 6.45) is 4.11. The topological polar surface area (TPSA) is 56.4 Å². The normalized spacial score (nSPS) is 24.3. The fourth-order valence-electron chi connectivity index (χ4n) is 3.46. The molecule has 1 atom stereocenters. The minimum absolute atomic E-state index is 0.156. The first-order valence-corrected chi connectivity index (χ1v) is 7.62. The fraction of sp³-hybridized carbons (Fsp3) is 0.562. The molecule has 108 valence electrons. The first-order valence-electron chi connectivity index (χ1n) is 7.62. The van der Waals surface area contributed by atoms with E-state index in [9.17, 15) is 0 Å². The Morgan fingerprint density at radius 1 is 1.25 bits per heavy atom. The highest BCUT2D eigenvalue weighted by molar-refractivity contribution is 5.95. The first kappa shape index (κ1) is 13.6. The van der Waals surface area contributed by atoms with Crippen LogP contribution >= 0.6 is 0 Å². The van der Waals surface area contributed by atoms with Gasteiger partial charge in [-0.1, -0.05) is 24.6 Å². The van der Waals surface area contributed by atoms with E-state index in [1.807, 2.05) is 12.1 Å². The van der Waals surface area contributed by atoms with Crippen LogP contribution in [0, 0.1) is 5.41 Å². The number of piperazine rings is 1. The van der Waals surface area contributed by atoms with Crippen molar-refractivity contribution < 1.29 is 0 Å². The number of hydrogen-bond donors (Lipinski definition) is 2. The number of nitrogens with two attached hydrogens (primary N) is 1. The van der Waals surface area contributed by atoms with E-state index in [1.54, 1.807) is 0 Å². The van der Waals surface area contributed by atoms with E-state index in [0.29, 0.717) is 0 Å². The van der Waals surface area contributed by atoms with Gasteiger partial charge >= 0.3 is 0 Å². The van der Waals surface area contributed by atoms with Crippen molar-refractivity contribution in [1.82, 2.24) is 9.80 Å². The van der Waals surface area contributed by atoms with Crippen LogP contribution in [0.25, 0.3) is 0 Å². The molecule has 2 aliphatic rings. The Kier molecular flexibility index (Phi) is 4.03. The SMILES string of the molecule is N=C(N)c1cccc(CN2CCN3CCCCC3C2)c1. The molecule has 3 N–H and O–H groups in total. The minimum Gasteiger partial charge on any atom is -0.384 e. The molecule has 0 aromatic heterocycles. The maximum absolute atomic E-state index is 7.53. The Hall–Kier alpha value is -1.39. The molecule has 1 aromatic carbocycles. The lowest BCUT2D eigenvalue weighted by atomic mass is 9.99. The van der Waals surface area contributed by atoms with Crippen molar-refractivity contribution in [3.8, 4) is 0 Å². The third kappa shape index (κ3) is 3.02. The minimum atomic E-state index is 0.156. The molecule has 2 saturated heterocycles. The average molecular weight is 272 g/mol. The van der Waals surface area contributed by atoms with Crippen molar-refractivity contribution in [1.29, 1.82) is 5.41 Å². The molecule has 4 nitrogen and oxygen atoms in total. The number of amidine groups is 1. The van der Waals surface area contributed by atoms with Gasteiger partial charge in [-0.15, -0.1) is 0 Å². The number of nitrogens with zero attached hydrogens (tertiary/aromatic N) is 2. The third-order valence-corrected chi connectivity index (χ3v) is 4.57. The van der Waals surface area contributed by atoms with E-state index >= 15 is 0 Å². The molecule has 0 saturated carbocycles. The van der Waals surface area contributed by atoms with Gasteiger partial charge in [-0.05, 0) is 31.0 Å². The molecule has 4 heteroatoms. The predicted molar refractivity (Wildman–Crippen MR) is 81.9 cm³/mol. The van der Waals surface area contributed by atoms with Crippen LogP contribution < -0.4 is 5.73 Å². The summed E-state index contributed by atoms with van der Waals surface area (Å²) in [4.78, 5) is 5.21. The molecule has 2 heterocycles. The zero-order chi connectivity index (χ0) is 13.9. The van der Waals surface area contributed by atoms with E-state index in [1.165, 1.54) is 44.5 Å². The summed E-state index contributed by atoms with van der Waals surface area (Å²) in [5, 5.41) is 7.53. The smallest absolute Gasteiger partial charge is 0.122 e. The quantitative estimate of drug-likeness (QED) is 0.649. The highest BCUT2D eigenvalue weighted by Crippen LogP contribution is 2.22. The summed E-state index contributed by atoms with van der Waals surface area (Å²) in [6, 6.07) is 8.86. The predicted octanol–water partition coefficient (Wildman–Crippen LogP) is 1.64. The largest absolute Gasteiger partial charge is 0.384 e. The Bertz CT molecular complexity index is 485. The average Bonchev–Trinajstić information content (AvgIpc) is 2.47. The van der Waals surface area contributed by atoms with Gasteiger partial charge in [0.05, 0.1) is 0 Å². The van der Waals surface area contributed by atoms with Gasteiger partial charge in [0.25, 0.3) is 0 Å². The maximum atomic E-state index is 7.53. The van der Waals surface area contributed by atoms with Crippen molar-refractivity contribution in [2.24, 2.45) is 5.73 Å². The number of fused-ring (bicyclic) bond motifs is 1. The molecule has 0 radical (unpaired) electrons. The number of nitrogen functional groups attached to an aromatic ring is 1. The Morgan fingerprint density at radius 3 is 3.00 bits per heavy atom. The summed E-state index contributed by atoms with van der Waals surface area (Å²) in [5.41, 5.74) is 7.66. The van der Waals surface area contributed by atoms with Crippen LogP contribution in [0.4, 0.5) is 0 Å². The molecular weight excluding hydrogens is 248 g/mol. The standard InChI is InChI=1S/C16H24N4/c17-16(18)14-5-3-4-13(10-14)11-19-8-9-20-7-2-1-6-15(20)12-19/h3-5,10,15H,1-2,6-9,11-12H2,(H3,17,18). The molecule has 1 aromatic rings. The number of benzene rings is 1. The first-order chi connectivity index (χ1) is 9.72. The van der Waals surface area contributed by atoms with Crippen molar-refractivity contribution in [2.75, 3.05) is 26.2 Å². The van der Waals surface area contributed by atoms with E-state index in [4.69, 9.17) is 11.1 Å². The van der Waals surface area contributed by atoms with Crippen LogP contribution in [-0.2, 0) is 6.54 Å². The number of nitrogens with one attached hydrogen (secondary N) is 1. The van der Waals surface area contributed by atoms with Gasteiger partial charge in [-0.2, -0.15) is 0 Å². The third-order valence-electron chi connectivity index (χ3n) is 4.57. The van der Waals surface area contributed by atoms with E-state index in [2.05, 4.69) is 21.9 Å². The summed E-state index contributed by atoms with van der Waals surface area (Å²) < 4.78 is 0. The van der Waals surface area contributed by atoms with Crippen LogP contribution in [0.3, 0.4) is 0 Å². The van der Waals surface area contributed by atoms with Crippen molar-refractivity contribution in [3.05, 3.63) is 35.4 Å². The van der Waals surface area contributed by atoms with Crippen LogP contribution in [0.15, 0.2) is 24.3 Å². The Labute approximate surface area is 121 Å². The van der Waals surface area contributed by atoms with Crippen molar-refractivity contribution in [3.63, 3.8) is 0 Å². The molecule has 2 fully saturated rings. The summed E-state index contributed by atoms with van der Waals surface area (Å²) in [5.74, 6) is 0.156. The van der Waals surface area contributed by atoms with Crippen LogP contribution in [0.5, 0.6) is 0 Å². The van der Waals surface area contributed by atoms with Gasteiger partial charge in [0.1, 0.15) is 5.84 Å². The van der Waals surface area contributed by atoms with Crippen molar-refractivity contribution in [2.45, 2.75) is 31.8 Å². The summed E-state index contributed by atoms with van der Waals surface area (Å²) in [7, 11) is 0.